The maximum absolute atomic E-state index is 12.6. The molecule has 3 rings (SSSR count). The van der Waals surface area contributed by atoms with Crippen molar-refractivity contribution in [1.29, 1.82) is 0 Å². The van der Waals surface area contributed by atoms with Crippen molar-refractivity contribution >= 4 is 24.3 Å². The quantitative estimate of drug-likeness (QED) is 0.250. The summed E-state index contributed by atoms with van der Waals surface area (Å²) in [5.41, 5.74) is 2.45. The normalized spacial score (nSPS) is 11.8. The summed E-state index contributed by atoms with van der Waals surface area (Å²) in [4.78, 5) is 25.2. The van der Waals surface area contributed by atoms with Gasteiger partial charge in [-0.2, -0.15) is 0 Å². The summed E-state index contributed by atoms with van der Waals surface area (Å²) in [5.74, 6) is -0.600. The van der Waals surface area contributed by atoms with E-state index in [2.05, 4.69) is 5.32 Å². The molecule has 37 heavy (non-hydrogen) atoms. The van der Waals surface area contributed by atoms with Crippen LogP contribution in [0.15, 0.2) is 78.9 Å². The molecule has 6 nitrogen and oxygen atoms in total. The van der Waals surface area contributed by atoms with Crippen LogP contribution in [0.25, 0.3) is 0 Å². The minimum absolute atomic E-state index is 0. The lowest BCUT2D eigenvalue weighted by Crippen LogP contribution is -2.38. The molecule has 1 atom stereocenters. The summed E-state index contributed by atoms with van der Waals surface area (Å²) in [7, 11) is 0. The van der Waals surface area contributed by atoms with Crippen LogP contribution >= 0.6 is 12.4 Å². The fraction of sp³-hybridized carbons (Fsp3) is 0.333. The summed E-state index contributed by atoms with van der Waals surface area (Å²) in [5, 5.41) is 13.9. The van der Waals surface area contributed by atoms with Gasteiger partial charge in [0.05, 0.1) is 6.10 Å². The Labute approximate surface area is 225 Å². The standard InChI is InChI=1S/C30H35NO5.ClH/c1-30(2,3)31-21-25(32)24-16-17-26(35-28(33)18-14-22-10-6-4-7-11-22)27(20-24)36-29(34)19-15-23-12-8-5-9-13-23;/h4-13,16-17,20,25,31-32H,14-15,18-19,21H2,1-3H3;1H. The molecule has 0 spiro atoms. The first-order valence-corrected chi connectivity index (χ1v) is 12.3. The van der Waals surface area contributed by atoms with Crippen molar-refractivity contribution in [3.05, 3.63) is 95.6 Å². The van der Waals surface area contributed by atoms with Crippen LogP contribution in [0.4, 0.5) is 0 Å². The third-order valence-corrected chi connectivity index (χ3v) is 5.55. The van der Waals surface area contributed by atoms with E-state index in [1.54, 1.807) is 18.2 Å². The molecule has 0 saturated heterocycles. The van der Waals surface area contributed by atoms with E-state index < -0.39 is 18.0 Å². The Kier molecular flexibility index (Phi) is 11.8. The number of ether oxygens (including phenoxy) is 2. The van der Waals surface area contributed by atoms with E-state index in [1.807, 2.05) is 81.4 Å². The second-order valence-corrected chi connectivity index (χ2v) is 9.77. The molecular weight excluding hydrogens is 490 g/mol. The van der Waals surface area contributed by atoms with Crippen molar-refractivity contribution in [3.8, 4) is 11.5 Å². The lowest BCUT2D eigenvalue weighted by molar-refractivity contribution is -0.137. The number of halogens is 1. The highest BCUT2D eigenvalue weighted by atomic mass is 35.5. The highest BCUT2D eigenvalue weighted by Crippen LogP contribution is 2.32. The molecule has 3 aromatic carbocycles. The Hall–Kier alpha value is -3.19. The molecule has 0 aliphatic rings. The molecule has 0 aliphatic carbocycles. The minimum atomic E-state index is -0.825. The number of rotatable bonds is 11. The molecule has 0 saturated carbocycles. The molecule has 0 fully saturated rings. The Bertz CT molecular complexity index is 1130. The Balaban J connectivity index is 0.00000481. The highest BCUT2D eigenvalue weighted by molar-refractivity contribution is 5.85. The number of aliphatic hydroxyl groups is 1. The van der Waals surface area contributed by atoms with Crippen molar-refractivity contribution in [3.63, 3.8) is 0 Å². The molecule has 1 unspecified atom stereocenters. The molecule has 0 radical (unpaired) electrons. The van der Waals surface area contributed by atoms with E-state index >= 15 is 0 Å². The highest BCUT2D eigenvalue weighted by Gasteiger charge is 2.19. The fourth-order valence-electron chi connectivity index (χ4n) is 3.55. The lowest BCUT2D eigenvalue weighted by Gasteiger charge is -2.23. The first-order chi connectivity index (χ1) is 17.2. The van der Waals surface area contributed by atoms with Crippen molar-refractivity contribution in [1.82, 2.24) is 5.32 Å². The SMILES string of the molecule is CC(C)(C)NCC(O)c1ccc(OC(=O)CCc2ccccc2)c(OC(=O)CCc2ccccc2)c1.Cl. The maximum atomic E-state index is 12.6. The molecule has 198 valence electrons. The van der Waals surface area contributed by atoms with Gasteiger partial charge in [0, 0.05) is 24.9 Å². The van der Waals surface area contributed by atoms with E-state index in [1.165, 1.54) is 0 Å². The zero-order valence-corrected chi connectivity index (χ0v) is 22.4. The number of carbonyl (C=O) groups is 2. The summed E-state index contributed by atoms with van der Waals surface area (Å²) in [6.45, 7) is 6.36. The molecule has 0 aromatic heterocycles. The lowest BCUT2D eigenvalue weighted by atomic mass is 10.1. The van der Waals surface area contributed by atoms with Gasteiger partial charge < -0.3 is 19.9 Å². The molecule has 0 bridgehead atoms. The predicted octanol–water partition coefficient (Wildman–Crippen LogP) is 5.61. The van der Waals surface area contributed by atoms with Gasteiger partial charge in [-0.25, -0.2) is 0 Å². The largest absolute Gasteiger partial charge is 0.423 e. The first kappa shape index (κ1) is 30.0. The average Bonchev–Trinajstić information content (AvgIpc) is 2.86. The Morgan fingerprint density at radius 2 is 1.27 bits per heavy atom. The van der Waals surface area contributed by atoms with Crippen LogP contribution in [0.3, 0.4) is 0 Å². The van der Waals surface area contributed by atoms with E-state index in [0.29, 0.717) is 24.9 Å². The maximum Gasteiger partial charge on any atom is 0.311 e. The molecular formula is C30H36ClNO5. The van der Waals surface area contributed by atoms with Gasteiger partial charge in [-0.3, -0.25) is 9.59 Å². The van der Waals surface area contributed by atoms with Gasteiger partial charge in [0.15, 0.2) is 11.5 Å². The summed E-state index contributed by atoms with van der Waals surface area (Å²) in [6.07, 6.45) is 0.605. The number of aryl methyl sites for hydroxylation is 2. The number of benzene rings is 3. The first-order valence-electron chi connectivity index (χ1n) is 12.3. The van der Waals surface area contributed by atoms with E-state index in [9.17, 15) is 14.7 Å². The summed E-state index contributed by atoms with van der Waals surface area (Å²) in [6, 6.07) is 24.1. The number of esters is 2. The third-order valence-electron chi connectivity index (χ3n) is 5.55. The van der Waals surface area contributed by atoms with Crippen LogP contribution < -0.4 is 14.8 Å². The van der Waals surface area contributed by atoms with Gasteiger partial charge in [-0.1, -0.05) is 66.7 Å². The molecule has 7 heteroatoms. The second-order valence-electron chi connectivity index (χ2n) is 9.77. The van der Waals surface area contributed by atoms with Crippen molar-refractivity contribution in [2.45, 2.75) is 58.1 Å². The minimum Gasteiger partial charge on any atom is -0.423 e. The number of hydrogen-bond donors (Lipinski definition) is 2. The van der Waals surface area contributed by atoms with Crippen LogP contribution in [-0.4, -0.2) is 29.1 Å². The number of carbonyl (C=O) groups excluding carboxylic acids is 2. The monoisotopic (exact) mass is 525 g/mol. The van der Waals surface area contributed by atoms with Gasteiger partial charge >= 0.3 is 11.9 Å². The smallest absolute Gasteiger partial charge is 0.311 e. The van der Waals surface area contributed by atoms with Gasteiger partial charge in [-0.05, 0) is 62.4 Å². The van der Waals surface area contributed by atoms with Gasteiger partial charge in [0.1, 0.15) is 0 Å². The summed E-state index contributed by atoms with van der Waals surface area (Å²) >= 11 is 0. The van der Waals surface area contributed by atoms with E-state index in [-0.39, 0.29) is 42.3 Å². The Morgan fingerprint density at radius 3 is 1.76 bits per heavy atom. The summed E-state index contributed by atoms with van der Waals surface area (Å²) < 4.78 is 11.2. The van der Waals surface area contributed by atoms with Crippen LogP contribution in [-0.2, 0) is 22.4 Å². The van der Waals surface area contributed by atoms with Crippen LogP contribution in [0.1, 0.15) is 56.4 Å². The van der Waals surface area contributed by atoms with Crippen LogP contribution in [0.5, 0.6) is 11.5 Å². The molecule has 2 N–H and O–H groups in total. The fourth-order valence-corrected chi connectivity index (χ4v) is 3.55. The number of β-amino-alcohol motifs (C(OH)–C–C–N with tert-alkyl or cyclic N) is 1. The second kappa shape index (κ2) is 14.5. The van der Waals surface area contributed by atoms with Crippen molar-refractivity contribution < 1.29 is 24.2 Å². The average molecular weight is 526 g/mol. The molecule has 0 heterocycles. The van der Waals surface area contributed by atoms with Crippen LogP contribution in [0, 0.1) is 0 Å². The Morgan fingerprint density at radius 1 is 0.784 bits per heavy atom. The van der Waals surface area contributed by atoms with Gasteiger partial charge in [-0.15, -0.1) is 12.4 Å². The van der Waals surface area contributed by atoms with Crippen molar-refractivity contribution in [2.24, 2.45) is 0 Å². The topological polar surface area (TPSA) is 84.9 Å². The van der Waals surface area contributed by atoms with Gasteiger partial charge in [0.2, 0.25) is 0 Å². The zero-order chi connectivity index (χ0) is 26.0. The van der Waals surface area contributed by atoms with E-state index in [0.717, 1.165) is 11.1 Å². The predicted molar refractivity (Wildman–Crippen MR) is 147 cm³/mol. The zero-order valence-electron chi connectivity index (χ0n) is 21.6. The van der Waals surface area contributed by atoms with Crippen molar-refractivity contribution in [2.75, 3.05) is 6.54 Å². The third kappa shape index (κ3) is 10.8. The van der Waals surface area contributed by atoms with E-state index in [4.69, 9.17) is 9.47 Å². The van der Waals surface area contributed by atoms with Crippen LogP contribution in [0.2, 0.25) is 0 Å². The number of aliphatic hydroxyl groups excluding tert-OH is 1. The molecule has 3 aromatic rings. The molecule has 0 aliphatic heterocycles. The van der Waals surface area contributed by atoms with Gasteiger partial charge in [0.25, 0.3) is 0 Å². The number of hydrogen-bond acceptors (Lipinski definition) is 6. The number of nitrogens with one attached hydrogen (secondary N) is 1. The molecule has 0 amide bonds.